The summed E-state index contributed by atoms with van der Waals surface area (Å²) >= 11 is 0. The van der Waals surface area contributed by atoms with E-state index in [1.165, 1.54) is 18.4 Å². The number of likely N-dealkylation sites (tertiary alicyclic amines) is 1. The molecule has 1 aliphatic rings. The highest BCUT2D eigenvalue weighted by molar-refractivity contribution is 5.94. The maximum Gasteiger partial charge on any atom is 0.253 e. The predicted molar refractivity (Wildman–Crippen MR) is 119 cm³/mol. The van der Waals surface area contributed by atoms with Crippen LogP contribution in [0.4, 0.5) is 0 Å². The molecule has 1 saturated heterocycles. The molecule has 0 spiro atoms. The van der Waals surface area contributed by atoms with E-state index in [1.807, 2.05) is 41.3 Å². The summed E-state index contributed by atoms with van der Waals surface area (Å²) in [6, 6.07) is 15.7. The third-order valence-corrected chi connectivity index (χ3v) is 5.94. The Hall–Kier alpha value is -3.15. The number of rotatable bonds is 7. The normalized spacial score (nSPS) is 14.6. The topological polar surface area (TPSA) is 68.5 Å². The van der Waals surface area contributed by atoms with E-state index < -0.39 is 0 Å². The molecule has 0 unspecified atom stereocenters. The fraction of sp³-hybridized carbons (Fsp3) is 0.400. The van der Waals surface area contributed by atoms with E-state index in [-0.39, 0.29) is 11.8 Å². The Bertz CT molecular complexity index is 988. The van der Waals surface area contributed by atoms with E-state index in [2.05, 4.69) is 29.2 Å². The molecule has 31 heavy (non-hydrogen) atoms. The van der Waals surface area contributed by atoms with Gasteiger partial charge in [-0.3, -0.25) is 4.79 Å². The van der Waals surface area contributed by atoms with Crippen molar-refractivity contribution in [3.8, 4) is 17.1 Å². The first-order valence-electron chi connectivity index (χ1n) is 11.0. The van der Waals surface area contributed by atoms with Crippen molar-refractivity contribution in [2.24, 2.45) is 0 Å². The maximum absolute atomic E-state index is 12.9. The number of piperidine rings is 1. The third-order valence-electron chi connectivity index (χ3n) is 5.94. The van der Waals surface area contributed by atoms with Crippen LogP contribution in [0.2, 0.25) is 0 Å². The second kappa shape index (κ2) is 9.77. The van der Waals surface area contributed by atoms with E-state index in [0.29, 0.717) is 24.8 Å². The Balaban J connectivity index is 1.34. The number of ether oxygens (including phenoxy) is 1. The number of methoxy groups -OCH3 is 1. The molecule has 6 heteroatoms. The number of carbonyl (C=O) groups is 1. The Labute approximate surface area is 183 Å². The molecule has 3 aromatic rings. The molecular weight excluding hydrogens is 390 g/mol. The Morgan fingerprint density at radius 1 is 1.10 bits per heavy atom. The van der Waals surface area contributed by atoms with Crippen molar-refractivity contribution in [3.05, 3.63) is 65.5 Å². The van der Waals surface area contributed by atoms with E-state index in [9.17, 15) is 4.79 Å². The molecule has 1 fully saturated rings. The number of amides is 1. The highest BCUT2D eigenvalue weighted by Crippen LogP contribution is 2.29. The summed E-state index contributed by atoms with van der Waals surface area (Å²) in [7, 11) is 1.64. The fourth-order valence-electron chi connectivity index (χ4n) is 3.97. The Morgan fingerprint density at radius 2 is 1.81 bits per heavy atom. The number of aryl methyl sites for hydroxylation is 1. The van der Waals surface area contributed by atoms with E-state index in [1.54, 1.807) is 7.11 Å². The monoisotopic (exact) mass is 419 g/mol. The lowest BCUT2D eigenvalue weighted by molar-refractivity contribution is 0.0704. The molecule has 2 heterocycles. The molecule has 1 amide bonds. The lowest BCUT2D eigenvalue weighted by atomic mass is 9.96. The minimum absolute atomic E-state index is 0.102. The summed E-state index contributed by atoms with van der Waals surface area (Å²) in [5.41, 5.74) is 2.95. The quantitative estimate of drug-likeness (QED) is 0.532. The fourth-order valence-corrected chi connectivity index (χ4v) is 3.97. The number of aromatic nitrogens is 2. The second-order valence-corrected chi connectivity index (χ2v) is 8.05. The lowest BCUT2D eigenvalue weighted by Gasteiger charge is -2.30. The van der Waals surface area contributed by atoms with Crippen LogP contribution in [-0.4, -0.2) is 41.1 Å². The summed E-state index contributed by atoms with van der Waals surface area (Å²) in [5.74, 6) is 2.31. The van der Waals surface area contributed by atoms with Gasteiger partial charge in [0.2, 0.25) is 11.7 Å². The van der Waals surface area contributed by atoms with Crippen LogP contribution in [0.1, 0.15) is 60.3 Å². The molecular formula is C25H29N3O3. The standard InChI is InChI=1S/C25H29N3O3/c1-3-4-5-18-6-8-21(9-7-18)25(29)28-16-14-20(15-17-28)24-26-23(27-31-24)19-10-12-22(30-2)13-11-19/h6-13,20H,3-5,14-17H2,1-2H3. The smallest absolute Gasteiger partial charge is 0.253 e. The number of nitrogens with zero attached hydrogens (tertiary/aromatic N) is 3. The SMILES string of the molecule is CCCCc1ccc(C(=O)N2CCC(c3nc(-c4ccc(OC)cc4)no3)CC2)cc1. The van der Waals surface area contributed by atoms with Crippen molar-refractivity contribution < 1.29 is 14.1 Å². The van der Waals surface area contributed by atoms with Gasteiger partial charge in [-0.05, 0) is 67.6 Å². The molecule has 0 atom stereocenters. The van der Waals surface area contributed by atoms with Crippen LogP contribution >= 0.6 is 0 Å². The molecule has 162 valence electrons. The third kappa shape index (κ3) is 4.95. The molecule has 4 rings (SSSR count). The molecule has 2 aromatic carbocycles. The number of benzene rings is 2. The first kappa shape index (κ1) is 21.1. The van der Waals surface area contributed by atoms with Crippen molar-refractivity contribution in [2.75, 3.05) is 20.2 Å². The Morgan fingerprint density at radius 3 is 2.45 bits per heavy atom. The van der Waals surface area contributed by atoms with Gasteiger partial charge in [0.15, 0.2) is 0 Å². The molecule has 0 N–H and O–H groups in total. The van der Waals surface area contributed by atoms with Gasteiger partial charge in [-0.1, -0.05) is 30.6 Å². The molecule has 0 radical (unpaired) electrons. The van der Waals surface area contributed by atoms with Gasteiger partial charge in [-0.2, -0.15) is 4.98 Å². The van der Waals surface area contributed by atoms with Gasteiger partial charge in [0, 0.05) is 30.1 Å². The number of unbranched alkanes of at least 4 members (excludes halogenated alkanes) is 1. The highest BCUT2D eigenvalue weighted by Gasteiger charge is 2.28. The molecule has 0 bridgehead atoms. The van der Waals surface area contributed by atoms with E-state index >= 15 is 0 Å². The van der Waals surface area contributed by atoms with Crippen LogP contribution in [0.5, 0.6) is 5.75 Å². The van der Waals surface area contributed by atoms with Crippen LogP contribution in [0.3, 0.4) is 0 Å². The number of hydrogen-bond acceptors (Lipinski definition) is 5. The first-order chi connectivity index (χ1) is 15.2. The summed E-state index contributed by atoms with van der Waals surface area (Å²) in [6.07, 6.45) is 5.07. The van der Waals surface area contributed by atoms with Crippen molar-refractivity contribution in [3.63, 3.8) is 0 Å². The summed E-state index contributed by atoms with van der Waals surface area (Å²) in [5, 5.41) is 4.14. The van der Waals surface area contributed by atoms with Gasteiger partial charge in [0.05, 0.1) is 7.11 Å². The highest BCUT2D eigenvalue weighted by atomic mass is 16.5. The summed E-state index contributed by atoms with van der Waals surface area (Å²) in [4.78, 5) is 19.4. The summed E-state index contributed by atoms with van der Waals surface area (Å²) < 4.78 is 10.7. The first-order valence-corrected chi connectivity index (χ1v) is 11.0. The number of carbonyl (C=O) groups excluding carboxylic acids is 1. The van der Waals surface area contributed by atoms with Gasteiger partial charge < -0.3 is 14.2 Å². The molecule has 1 aromatic heterocycles. The van der Waals surface area contributed by atoms with Crippen molar-refractivity contribution in [1.29, 1.82) is 0 Å². The van der Waals surface area contributed by atoms with Crippen molar-refractivity contribution >= 4 is 5.91 Å². The average molecular weight is 420 g/mol. The zero-order chi connectivity index (χ0) is 21.6. The predicted octanol–water partition coefficient (Wildman–Crippen LogP) is 5.11. The second-order valence-electron chi connectivity index (χ2n) is 8.05. The van der Waals surface area contributed by atoms with Gasteiger partial charge in [0.1, 0.15) is 5.75 Å². The largest absolute Gasteiger partial charge is 0.497 e. The van der Waals surface area contributed by atoms with Crippen LogP contribution in [0.25, 0.3) is 11.4 Å². The van der Waals surface area contributed by atoms with Gasteiger partial charge in [-0.25, -0.2) is 0 Å². The van der Waals surface area contributed by atoms with E-state index in [4.69, 9.17) is 9.26 Å². The Kier molecular flexibility index (Phi) is 6.65. The van der Waals surface area contributed by atoms with Crippen LogP contribution in [0.15, 0.2) is 53.1 Å². The maximum atomic E-state index is 12.9. The summed E-state index contributed by atoms with van der Waals surface area (Å²) in [6.45, 7) is 3.58. The zero-order valence-electron chi connectivity index (χ0n) is 18.2. The minimum Gasteiger partial charge on any atom is -0.497 e. The minimum atomic E-state index is 0.102. The molecule has 0 saturated carbocycles. The zero-order valence-corrected chi connectivity index (χ0v) is 18.2. The van der Waals surface area contributed by atoms with Crippen LogP contribution < -0.4 is 4.74 Å². The molecule has 0 aliphatic carbocycles. The van der Waals surface area contributed by atoms with Crippen molar-refractivity contribution in [2.45, 2.75) is 44.9 Å². The molecule has 1 aliphatic heterocycles. The lowest BCUT2D eigenvalue weighted by Crippen LogP contribution is -2.38. The van der Waals surface area contributed by atoms with Gasteiger partial charge >= 0.3 is 0 Å². The number of hydrogen-bond donors (Lipinski definition) is 0. The average Bonchev–Trinajstić information content (AvgIpc) is 3.33. The van der Waals surface area contributed by atoms with E-state index in [0.717, 1.165) is 36.1 Å². The van der Waals surface area contributed by atoms with Crippen molar-refractivity contribution in [1.82, 2.24) is 15.0 Å². The van der Waals surface area contributed by atoms with Gasteiger partial charge in [0.25, 0.3) is 5.91 Å². The van der Waals surface area contributed by atoms with Crippen LogP contribution in [-0.2, 0) is 6.42 Å². The molecule has 6 nitrogen and oxygen atoms in total. The van der Waals surface area contributed by atoms with Gasteiger partial charge in [-0.15, -0.1) is 0 Å². The van der Waals surface area contributed by atoms with Crippen LogP contribution in [0, 0.1) is 0 Å².